The summed E-state index contributed by atoms with van der Waals surface area (Å²) in [7, 11) is 0. The number of hydrogen-bond acceptors (Lipinski definition) is 3. The topological polar surface area (TPSA) is 56.7 Å². The first kappa shape index (κ1) is 8.68. The summed E-state index contributed by atoms with van der Waals surface area (Å²) in [6.45, 7) is 1.68. The summed E-state index contributed by atoms with van der Waals surface area (Å²) in [4.78, 5) is 3.79. The number of anilines is 1. The lowest BCUT2D eigenvalue weighted by Gasteiger charge is -2.06. The van der Waals surface area contributed by atoms with Gasteiger partial charge in [0.1, 0.15) is 18.5 Å². The summed E-state index contributed by atoms with van der Waals surface area (Å²) in [5.74, 6) is -0.314. The van der Waals surface area contributed by atoms with Crippen LogP contribution in [0.2, 0.25) is 0 Å². The second kappa shape index (κ2) is 3.10. The van der Waals surface area contributed by atoms with Crippen LogP contribution >= 0.6 is 0 Å². The first-order chi connectivity index (χ1) is 6.68. The highest BCUT2D eigenvalue weighted by atomic mass is 19.1. The summed E-state index contributed by atoms with van der Waals surface area (Å²) in [5.41, 5.74) is 7.17. The Labute approximate surface area is 80.2 Å². The van der Waals surface area contributed by atoms with E-state index in [0.29, 0.717) is 16.9 Å². The molecule has 2 aromatic rings. The van der Waals surface area contributed by atoms with Gasteiger partial charge in [0.25, 0.3) is 0 Å². The lowest BCUT2D eigenvalue weighted by molar-refractivity contribution is 0.618. The number of nitrogens with two attached hydrogens (primary N) is 1. The van der Waals surface area contributed by atoms with E-state index < -0.39 is 0 Å². The molecule has 1 aromatic carbocycles. The molecule has 0 aliphatic carbocycles. The molecule has 4 nitrogen and oxygen atoms in total. The Balaban J connectivity index is 2.60. The Morgan fingerprint density at radius 2 is 2.21 bits per heavy atom. The molecule has 0 bridgehead atoms. The zero-order valence-electron chi connectivity index (χ0n) is 7.61. The molecule has 72 valence electrons. The molecular weight excluding hydrogens is 183 g/mol. The molecule has 14 heavy (non-hydrogen) atoms. The molecule has 2 rings (SSSR count). The highest BCUT2D eigenvalue weighted by Crippen LogP contribution is 2.20. The quantitative estimate of drug-likeness (QED) is 0.693. The van der Waals surface area contributed by atoms with Crippen LogP contribution in [-0.4, -0.2) is 14.8 Å². The van der Waals surface area contributed by atoms with Crippen molar-refractivity contribution in [2.75, 3.05) is 5.73 Å². The van der Waals surface area contributed by atoms with Gasteiger partial charge in [-0.05, 0) is 24.6 Å². The van der Waals surface area contributed by atoms with Crippen molar-refractivity contribution < 1.29 is 4.39 Å². The molecule has 0 radical (unpaired) electrons. The van der Waals surface area contributed by atoms with Gasteiger partial charge in [-0.2, -0.15) is 5.10 Å². The Hall–Kier alpha value is -1.91. The molecule has 0 amide bonds. The fraction of sp³-hybridized carbons (Fsp3) is 0.111. The van der Waals surface area contributed by atoms with Gasteiger partial charge in [0.2, 0.25) is 0 Å². The Bertz CT molecular complexity index is 450. The van der Waals surface area contributed by atoms with E-state index in [1.807, 2.05) is 0 Å². The zero-order valence-corrected chi connectivity index (χ0v) is 7.61. The molecule has 0 saturated heterocycles. The first-order valence-electron chi connectivity index (χ1n) is 4.09. The minimum atomic E-state index is -0.314. The molecular formula is C9H9FN4. The van der Waals surface area contributed by atoms with Crippen molar-refractivity contribution in [3.8, 4) is 5.69 Å². The van der Waals surface area contributed by atoms with Gasteiger partial charge in [-0.1, -0.05) is 0 Å². The maximum absolute atomic E-state index is 13.1. The number of nitrogen functional groups attached to an aromatic ring is 1. The highest BCUT2D eigenvalue weighted by Gasteiger charge is 2.06. The largest absolute Gasteiger partial charge is 0.397 e. The van der Waals surface area contributed by atoms with Crippen LogP contribution in [0.5, 0.6) is 0 Å². The normalized spacial score (nSPS) is 10.4. The van der Waals surface area contributed by atoms with E-state index in [4.69, 9.17) is 5.73 Å². The van der Waals surface area contributed by atoms with E-state index >= 15 is 0 Å². The SMILES string of the molecule is Cc1cc(-n2cncn2)c(N)cc1F. The predicted molar refractivity (Wildman–Crippen MR) is 50.5 cm³/mol. The van der Waals surface area contributed by atoms with Crippen molar-refractivity contribution in [3.63, 3.8) is 0 Å². The third-order valence-electron chi connectivity index (χ3n) is 1.97. The van der Waals surface area contributed by atoms with Gasteiger partial charge < -0.3 is 5.73 Å². The maximum atomic E-state index is 13.1. The summed E-state index contributed by atoms with van der Waals surface area (Å²) in [5, 5.41) is 3.92. The Kier molecular flexibility index (Phi) is 1.92. The van der Waals surface area contributed by atoms with Gasteiger partial charge in [-0.3, -0.25) is 0 Å². The summed E-state index contributed by atoms with van der Waals surface area (Å²) in [6.07, 6.45) is 2.92. The number of benzene rings is 1. The van der Waals surface area contributed by atoms with Crippen LogP contribution in [0.3, 0.4) is 0 Å². The lowest BCUT2D eigenvalue weighted by Crippen LogP contribution is -2.02. The Morgan fingerprint density at radius 1 is 1.43 bits per heavy atom. The third-order valence-corrected chi connectivity index (χ3v) is 1.97. The molecule has 1 aromatic heterocycles. The van der Waals surface area contributed by atoms with E-state index in [1.54, 1.807) is 13.0 Å². The van der Waals surface area contributed by atoms with Gasteiger partial charge >= 0.3 is 0 Å². The highest BCUT2D eigenvalue weighted by molar-refractivity contribution is 5.58. The van der Waals surface area contributed by atoms with Gasteiger partial charge in [0.05, 0.1) is 11.4 Å². The number of halogens is 1. The molecule has 0 unspecified atom stereocenters. The van der Waals surface area contributed by atoms with Crippen LogP contribution in [0.4, 0.5) is 10.1 Å². The molecule has 0 atom stereocenters. The molecule has 0 aliphatic heterocycles. The van der Waals surface area contributed by atoms with Crippen molar-refractivity contribution in [2.45, 2.75) is 6.92 Å². The van der Waals surface area contributed by atoms with Gasteiger partial charge in [-0.15, -0.1) is 0 Å². The second-order valence-electron chi connectivity index (χ2n) is 3.00. The lowest BCUT2D eigenvalue weighted by atomic mass is 10.2. The number of aromatic nitrogens is 3. The fourth-order valence-corrected chi connectivity index (χ4v) is 1.21. The molecule has 0 spiro atoms. The molecule has 5 heteroatoms. The Morgan fingerprint density at radius 3 is 2.86 bits per heavy atom. The van der Waals surface area contributed by atoms with Crippen LogP contribution in [0, 0.1) is 12.7 Å². The van der Waals surface area contributed by atoms with E-state index in [-0.39, 0.29) is 5.82 Å². The number of hydrogen-bond donors (Lipinski definition) is 1. The van der Waals surface area contributed by atoms with Gasteiger partial charge in [0.15, 0.2) is 0 Å². The number of aryl methyl sites for hydroxylation is 1. The maximum Gasteiger partial charge on any atom is 0.138 e. The van der Waals surface area contributed by atoms with Crippen molar-refractivity contribution in [1.29, 1.82) is 0 Å². The minimum absolute atomic E-state index is 0.314. The van der Waals surface area contributed by atoms with Gasteiger partial charge in [0, 0.05) is 0 Å². The van der Waals surface area contributed by atoms with Crippen molar-refractivity contribution in [1.82, 2.24) is 14.8 Å². The summed E-state index contributed by atoms with van der Waals surface area (Å²) < 4.78 is 14.6. The van der Waals surface area contributed by atoms with E-state index in [2.05, 4.69) is 10.1 Å². The molecule has 2 N–H and O–H groups in total. The van der Waals surface area contributed by atoms with E-state index in [9.17, 15) is 4.39 Å². The monoisotopic (exact) mass is 192 g/mol. The molecule has 0 fully saturated rings. The first-order valence-corrected chi connectivity index (χ1v) is 4.09. The van der Waals surface area contributed by atoms with Crippen molar-refractivity contribution in [2.24, 2.45) is 0 Å². The summed E-state index contributed by atoms with van der Waals surface area (Å²) >= 11 is 0. The van der Waals surface area contributed by atoms with Crippen molar-refractivity contribution in [3.05, 3.63) is 36.2 Å². The zero-order chi connectivity index (χ0) is 10.1. The average molecular weight is 192 g/mol. The van der Waals surface area contributed by atoms with Crippen LogP contribution < -0.4 is 5.73 Å². The minimum Gasteiger partial charge on any atom is -0.397 e. The number of rotatable bonds is 1. The predicted octanol–water partition coefficient (Wildman–Crippen LogP) is 1.30. The smallest absolute Gasteiger partial charge is 0.138 e. The molecule has 0 saturated carbocycles. The second-order valence-corrected chi connectivity index (χ2v) is 3.00. The number of nitrogens with zero attached hydrogens (tertiary/aromatic N) is 3. The van der Waals surface area contributed by atoms with Crippen molar-refractivity contribution >= 4 is 5.69 Å². The van der Waals surface area contributed by atoms with Gasteiger partial charge in [-0.25, -0.2) is 14.1 Å². The van der Waals surface area contributed by atoms with Crippen LogP contribution in [0.25, 0.3) is 5.69 Å². The standard InChI is InChI=1S/C9H9FN4/c1-6-2-9(8(11)3-7(6)10)14-5-12-4-13-14/h2-5H,11H2,1H3. The van der Waals surface area contributed by atoms with Crippen LogP contribution in [0.1, 0.15) is 5.56 Å². The molecule has 0 aliphatic rings. The summed E-state index contributed by atoms with van der Waals surface area (Å²) in [6, 6.07) is 2.92. The van der Waals surface area contributed by atoms with Crippen LogP contribution in [0.15, 0.2) is 24.8 Å². The van der Waals surface area contributed by atoms with E-state index in [0.717, 1.165) is 0 Å². The van der Waals surface area contributed by atoms with E-state index in [1.165, 1.54) is 23.4 Å². The molecule has 1 heterocycles. The third kappa shape index (κ3) is 1.32. The fourth-order valence-electron chi connectivity index (χ4n) is 1.21. The average Bonchev–Trinajstić information content (AvgIpc) is 2.64. The van der Waals surface area contributed by atoms with Crippen LogP contribution in [-0.2, 0) is 0 Å².